The van der Waals surface area contributed by atoms with E-state index in [4.69, 9.17) is 0 Å². The minimum Gasteiger partial charge on any atom is -0.0755 e. The summed E-state index contributed by atoms with van der Waals surface area (Å²) in [5.74, 6) is 0. The van der Waals surface area contributed by atoms with E-state index in [0.717, 1.165) is 0 Å². The molecule has 0 aromatic carbocycles. The molecule has 0 saturated carbocycles. The summed E-state index contributed by atoms with van der Waals surface area (Å²) in [7, 11) is 1.72. The van der Waals surface area contributed by atoms with Crippen LogP contribution in [0.25, 0.3) is 0 Å². The molecule has 0 unspecified atom stereocenters. The molecule has 0 saturated heterocycles. The van der Waals surface area contributed by atoms with Crippen LogP contribution in [0.1, 0.15) is 0 Å². The zero-order valence-corrected chi connectivity index (χ0v) is 5.50. The molecule has 0 nitrogen and oxygen atoms in total. The van der Waals surface area contributed by atoms with Crippen molar-refractivity contribution in [2.24, 2.45) is 0 Å². The van der Waals surface area contributed by atoms with Gasteiger partial charge in [0.05, 0.1) is 7.44 Å². The summed E-state index contributed by atoms with van der Waals surface area (Å²) >= 11 is 0. The fourth-order valence-electron chi connectivity index (χ4n) is 0. The smallest absolute Gasteiger partial charge is 0.0755 e. The van der Waals surface area contributed by atoms with E-state index in [2.05, 4.69) is 27.1 Å². The summed E-state index contributed by atoms with van der Waals surface area (Å²) in [5.41, 5.74) is 0. The fraction of sp³-hybridized carbons (Fsp3) is 1.00. The van der Waals surface area contributed by atoms with Crippen LogP contribution in [0.5, 0.6) is 0 Å². The molecule has 0 bridgehead atoms. The first-order valence-electron chi connectivity index (χ1n) is 2.00. The second kappa shape index (κ2) is 1.17. The van der Waals surface area contributed by atoms with Crippen molar-refractivity contribution in [1.82, 2.24) is 0 Å². The van der Waals surface area contributed by atoms with Gasteiger partial charge in [0.25, 0.3) is 0 Å². The van der Waals surface area contributed by atoms with Crippen LogP contribution >= 0.6 is 0 Å². The number of rotatable bonds is 0. The van der Waals surface area contributed by atoms with E-state index in [-0.39, 0.29) is 0 Å². The second-order valence-electron chi connectivity index (χ2n) is 3.00. The van der Waals surface area contributed by atoms with E-state index in [1.54, 1.807) is 0 Å². The van der Waals surface area contributed by atoms with Crippen molar-refractivity contribution < 1.29 is 0 Å². The van der Waals surface area contributed by atoms with Crippen molar-refractivity contribution in [2.75, 3.05) is 0 Å². The average molecular weight is 86.0 g/mol. The quantitative estimate of drug-likeness (QED) is 0.375. The third kappa shape index (κ3) is 281. The van der Waals surface area contributed by atoms with Crippen LogP contribution in [-0.2, 0) is 0 Å². The maximum Gasteiger partial charge on any atom is 0.0964 e. The van der Waals surface area contributed by atoms with Crippen molar-refractivity contribution in [1.29, 1.82) is 0 Å². The SMILES string of the molecule is B[Si](C)(C)C. The Bertz CT molecular complexity index is 22.4. The monoisotopic (exact) mass is 86.1 g/mol. The van der Waals surface area contributed by atoms with E-state index in [0.29, 0.717) is 0 Å². The fourth-order valence-corrected chi connectivity index (χ4v) is 0. The minimum atomic E-state index is -0.611. The topological polar surface area (TPSA) is 0 Å². The summed E-state index contributed by atoms with van der Waals surface area (Å²) < 4.78 is 0. The van der Waals surface area contributed by atoms with Crippen LogP contribution in [0.15, 0.2) is 0 Å². The molecule has 0 atom stereocenters. The van der Waals surface area contributed by atoms with Crippen LogP contribution in [-0.4, -0.2) is 15.4 Å². The molecule has 0 amide bonds. The van der Waals surface area contributed by atoms with Crippen LogP contribution in [0.3, 0.4) is 0 Å². The standard InChI is InChI=1S/C3H11BSi/c1-5(2,3)4/h4H2,1-3H3. The van der Waals surface area contributed by atoms with E-state index in [1.807, 2.05) is 0 Å². The average Bonchev–Trinajstić information content (AvgIpc) is 0.722. The van der Waals surface area contributed by atoms with Gasteiger partial charge in [-0.3, -0.25) is 0 Å². The molecule has 0 heterocycles. The van der Waals surface area contributed by atoms with Crippen molar-refractivity contribution in [3.8, 4) is 0 Å². The largest absolute Gasteiger partial charge is 0.0964 e. The molecule has 0 aliphatic heterocycles. The third-order valence-electron chi connectivity index (χ3n) is 0. The van der Waals surface area contributed by atoms with Gasteiger partial charge in [-0.05, 0) is 0 Å². The predicted molar refractivity (Wildman–Crippen MR) is 31.9 cm³/mol. The maximum atomic E-state index is 2.33. The van der Waals surface area contributed by atoms with Gasteiger partial charge in [0.15, 0.2) is 0 Å². The molecule has 0 aliphatic rings. The van der Waals surface area contributed by atoms with E-state index >= 15 is 0 Å². The predicted octanol–water partition coefficient (Wildman–Crippen LogP) is 0.454. The Morgan fingerprint density at radius 3 is 1.20 bits per heavy atom. The first-order valence-corrected chi connectivity index (χ1v) is 6.00. The van der Waals surface area contributed by atoms with Crippen LogP contribution in [0.2, 0.25) is 19.6 Å². The van der Waals surface area contributed by atoms with E-state index in [9.17, 15) is 0 Å². The molecular formula is C3H11BSi. The first-order chi connectivity index (χ1) is 2.00. The van der Waals surface area contributed by atoms with E-state index in [1.165, 1.54) is 0 Å². The Balaban J connectivity index is 3.02. The number of hydrogen-bond donors (Lipinski definition) is 0. The summed E-state index contributed by atoms with van der Waals surface area (Å²) in [6, 6.07) is 0. The van der Waals surface area contributed by atoms with Gasteiger partial charge in [0.2, 0.25) is 0 Å². The third-order valence-corrected chi connectivity index (χ3v) is 0. The van der Waals surface area contributed by atoms with Gasteiger partial charge in [-0.15, -0.1) is 0 Å². The lowest BCUT2D eigenvalue weighted by atomic mass is 10.7. The maximum absolute atomic E-state index is 2.33. The van der Waals surface area contributed by atoms with Gasteiger partial charge >= 0.3 is 0 Å². The highest BCUT2D eigenvalue weighted by Crippen LogP contribution is 1.87. The zero-order chi connectivity index (χ0) is 4.50. The van der Waals surface area contributed by atoms with Crippen molar-refractivity contribution >= 4 is 15.4 Å². The molecule has 0 radical (unpaired) electrons. The molecular weight excluding hydrogens is 74.9 g/mol. The van der Waals surface area contributed by atoms with Crippen LogP contribution in [0.4, 0.5) is 0 Å². The van der Waals surface area contributed by atoms with Gasteiger partial charge in [0, 0.05) is 7.94 Å². The molecule has 0 N–H and O–H groups in total. The molecule has 0 aromatic rings. The van der Waals surface area contributed by atoms with Crippen LogP contribution in [0, 0.1) is 0 Å². The Morgan fingerprint density at radius 2 is 1.20 bits per heavy atom. The Labute approximate surface area is 35.9 Å². The molecule has 5 heavy (non-hydrogen) atoms. The Hall–Kier alpha value is 0.282. The molecule has 0 spiro atoms. The van der Waals surface area contributed by atoms with Crippen molar-refractivity contribution in [3.05, 3.63) is 0 Å². The molecule has 0 rings (SSSR count). The van der Waals surface area contributed by atoms with E-state index < -0.39 is 7.94 Å². The van der Waals surface area contributed by atoms with Crippen molar-refractivity contribution in [2.45, 2.75) is 19.6 Å². The molecule has 2 heteroatoms. The van der Waals surface area contributed by atoms with Gasteiger partial charge in [-0.1, -0.05) is 19.6 Å². The van der Waals surface area contributed by atoms with Gasteiger partial charge in [-0.2, -0.15) is 0 Å². The zero-order valence-electron chi connectivity index (χ0n) is 4.50. The highest BCUT2D eigenvalue weighted by atomic mass is 28.3. The Morgan fingerprint density at radius 1 is 1.20 bits per heavy atom. The molecule has 30 valence electrons. The molecule has 0 aliphatic carbocycles. The highest BCUT2D eigenvalue weighted by molar-refractivity contribution is 7.15. The highest BCUT2D eigenvalue weighted by Gasteiger charge is 1.99. The van der Waals surface area contributed by atoms with Crippen LogP contribution < -0.4 is 0 Å². The summed E-state index contributed by atoms with van der Waals surface area (Å²) in [4.78, 5) is 0. The second-order valence-corrected chi connectivity index (χ2v) is 9.00. The summed E-state index contributed by atoms with van der Waals surface area (Å²) in [6.45, 7) is 6.98. The summed E-state index contributed by atoms with van der Waals surface area (Å²) in [5, 5.41) is 0. The summed E-state index contributed by atoms with van der Waals surface area (Å²) in [6.07, 6.45) is 0. The normalized spacial score (nSPS) is 11.8. The lowest BCUT2D eigenvalue weighted by molar-refractivity contribution is 1.87. The molecule has 0 fully saturated rings. The lowest BCUT2D eigenvalue weighted by Crippen LogP contribution is -2.18. The van der Waals surface area contributed by atoms with Gasteiger partial charge < -0.3 is 0 Å². The number of hydrogen-bond acceptors (Lipinski definition) is 0. The van der Waals surface area contributed by atoms with Gasteiger partial charge in [-0.25, -0.2) is 0 Å². The minimum absolute atomic E-state index is 0.611. The molecule has 0 aromatic heterocycles. The first kappa shape index (κ1) is 5.28. The van der Waals surface area contributed by atoms with Gasteiger partial charge in [0.1, 0.15) is 0 Å². The Kier molecular flexibility index (Phi) is 1.23. The lowest BCUT2D eigenvalue weighted by Gasteiger charge is -2.01. The van der Waals surface area contributed by atoms with Crippen molar-refractivity contribution in [3.63, 3.8) is 0 Å².